The van der Waals surface area contributed by atoms with Crippen molar-refractivity contribution in [3.05, 3.63) is 69.6 Å². The second-order valence-electron chi connectivity index (χ2n) is 14.3. The third-order valence-corrected chi connectivity index (χ3v) is 11.2. The number of pyridine rings is 1. The van der Waals surface area contributed by atoms with E-state index in [0.29, 0.717) is 33.6 Å². The minimum absolute atomic E-state index is 0.0357. The number of hydrogen-bond donors (Lipinski definition) is 1. The highest BCUT2D eigenvalue weighted by Crippen LogP contribution is 2.62. The zero-order valence-electron chi connectivity index (χ0n) is 28.5. The number of hydrogen-bond acceptors (Lipinski definition) is 8. The Morgan fingerprint density at radius 1 is 0.960 bits per heavy atom. The van der Waals surface area contributed by atoms with Crippen molar-refractivity contribution in [3.8, 4) is 11.1 Å². The summed E-state index contributed by atoms with van der Waals surface area (Å²) in [6.45, 7) is 3.23. The molecule has 260 valence electrons. The Balaban J connectivity index is 1.27. The molecule has 0 unspecified atom stereocenters. The lowest BCUT2D eigenvalue weighted by molar-refractivity contribution is -0.139. The van der Waals surface area contributed by atoms with Gasteiger partial charge in [0.2, 0.25) is 5.91 Å². The van der Waals surface area contributed by atoms with Crippen molar-refractivity contribution in [1.29, 1.82) is 0 Å². The lowest BCUT2D eigenvalue weighted by atomic mass is 9.90. The van der Waals surface area contributed by atoms with Gasteiger partial charge in [0.05, 0.1) is 29.2 Å². The first-order valence-electron chi connectivity index (χ1n) is 17.6. The Bertz CT molecular complexity index is 2010. The van der Waals surface area contributed by atoms with Crippen LogP contribution in [0.1, 0.15) is 109 Å². The number of Topliss-reactive ketones (excluding diaryl/α,β-unsaturated/α-hetero) is 2. The summed E-state index contributed by atoms with van der Waals surface area (Å²) in [5, 5.41) is 15.0. The molecule has 1 aromatic carbocycles. The van der Waals surface area contributed by atoms with E-state index >= 15 is 0 Å². The van der Waals surface area contributed by atoms with Gasteiger partial charge in [-0.15, -0.1) is 0 Å². The molecule has 11 nitrogen and oxygen atoms in total. The van der Waals surface area contributed by atoms with Crippen LogP contribution in [0.25, 0.3) is 22.0 Å². The highest BCUT2D eigenvalue weighted by Gasteiger charge is 2.66. The van der Waals surface area contributed by atoms with Crippen LogP contribution >= 0.6 is 15.9 Å². The molecule has 3 aromatic heterocycles. The SMILES string of the molecule is CC(=O)c1nn2c3c(cc(-c4cnc(C)nc4)cc13)CCCCCCCCC[C@@]13C[C@@H](C(=O)Cc4cc(C(=O)O)cc(Br)n4)N(C(=O)C2)[C@@H]1C3. The molecule has 7 rings (SSSR count). The van der Waals surface area contributed by atoms with Gasteiger partial charge in [0.1, 0.15) is 22.7 Å². The third kappa shape index (κ3) is 6.74. The predicted molar refractivity (Wildman–Crippen MR) is 190 cm³/mol. The number of aromatic nitrogens is 5. The molecule has 2 fully saturated rings. The van der Waals surface area contributed by atoms with Gasteiger partial charge in [-0.25, -0.2) is 19.7 Å². The van der Waals surface area contributed by atoms with Gasteiger partial charge in [0, 0.05) is 36.3 Å². The quantitative estimate of drug-likeness (QED) is 0.168. The number of carboxylic acid groups (broad SMARTS) is 1. The van der Waals surface area contributed by atoms with Gasteiger partial charge >= 0.3 is 5.97 Å². The van der Waals surface area contributed by atoms with Crippen molar-refractivity contribution in [1.82, 2.24) is 29.6 Å². The molecule has 1 aliphatic carbocycles. The van der Waals surface area contributed by atoms with Crippen LogP contribution in [-0.2, 0) is 29.0 Å². The molecule has 12 heteroatoms. The molecule has 1 saturated heterocycles. The number of aromatic carboxylic acids is 1. The Kier molecular flexibility index (Phi) is 9.40. The van der Waals surface area contributed by atoms with Gasteiger partial charge in [-0.3, -0.25) is 19.1 Å². The van der Waals surface area contributed by atoms with E-state index in [9.17, 15) is 24.3 Å². The average molecular weight is 742 g/mol. The van der Waals surface area contributed by atoms with E-state index in [1.165, 1.54) is 25.5 Å². The van der Waals surface area contributed by atoms with Gasteiger partial charge in [-0.1, -0.05) is 38.5 Å². The number of amides is 1. The molecule has 2 aliphatic heterocycles. The molecular formula is C38H41BrN6O5. The second-order valence-corrected chi connectivity index (χ2v) is 15.1. The number of rotatable bonds is 6. The second kappa shape index (κ2) is 13.8. The first-order chi connectivity index (χ1) is 24.0. The van der Waals surface area contributed by atoms with Crippen LogP contribution < -0.4 is 0 Å². The summed E-state index contributed by atoms with van der Waals surface area (Å²) in [6, 6.07) is 6.21. The number of ketones is 2. The number of aryl methyl sites for hydroxylation is 2. The van der Waals surface area contributed by atoms with Crippen molar-refractivity contribution < 1.29 is 24.3 Å². The van der Waals surface area contributed by atoms with E-state index in [4.69, 9.17) is 5.10 Å². The molecule has 4 aromatic rings. The van der Waals surface area contributed by atoms with Gasteiger partial charge in [0.25, 0.3) is 0 Å². The van der Waals surface area contributed by atoms with Crippen molar-refractivity contribution in [2.75, 3.05) is 0 Å². The Labute approximate surface area is 299 Å². The maximum Gasteiger partial charge on any atom is 0.335 e. The van der Waals surface area contributed by atoms with E-state index in [-0.39, 0.29) is 47.5 Å². The Hall–Kier alpha value is -4.32. The summed E-state index contributed by atoms with van der Waals surface area (Å²) in [4.78, 5) is 68.2. The fraction of sp³-hybridized carbons (Fsp3) is 0.474. The monoisotopic (exact) mass is 740 g/mol. The molecule has 2 bridgehead atoms. The summed E-state index contributed by atoms with van der Waals surface area (Å²) in [5.74, 6) is -0.974. The van der Waals surface area contributed by atoms with Crippen molar-refractivity contribution in [3.63, 3.8) is 0 Å². The summed E-state index contributed by atoms with van der Waals surface area (Å²) in [7, 11) is 0. The van der Waals surface area contributed by atoms with Crippen molar-refractivity contribution in [2.45, 2.75) is 110 Å². The maximum atomic E-state index is 14.5. The van der Waals surface area contributed by atoms with E-state index in [1.807, 2.05) is 13.0 Å². The van der Waals surface area contributed by atoms with Crippen LogP contribution in [0.3, 0.4) is 0 Å². The third-order valence-electron chi connectivity index (χ3n) is 10.8. The van der Waals surface area contributed by atoms with Crippen LogP contribution in [0.2, 0.25) is 0 Å². The Morgan fingerprint density at radius 3 is 2.40 bits per heavy atom. The molecular weight excluding hydrogens is 700 g/mol. The van der Waals surface area contributed by atoms with E-state index in [1.54, 1.807) is 22.0 Å². The maximum absolute atomic E-state index is 14.5. The minimum Gasteiger partial charge on any atom is -0.478 e. The molecule has 1 amide bonds. The van der Waals surface area contributed by atoms with Crippen molar-refractivity contribution in [2.24, 2.45) is 5.41 Å². The fourth-order valence-corrected chi connectivity index (χ4v) is 8.73. The van der Waals surface area contributed by atoms with Gasteiger partial charge in [-0.2, -0.15) is 5.10 Å². The van der Waals surface area contributed by atoms with E-state index in [0.717, 1.165) is 80.0 Å². The molecule has 1 N–H and O–H groups in total. The zero-order valence-corrected chi connectivity index (χ0v) is 30.0. The molecule has 50 heavy (non-hydrogen) atoms. The topological polar surface area (TPSA) is 148 Å². The molecule has 0 radical (unpaired) electrons. The van der Waals surface area contributed by atoms with E-state index in [2.05, 4.69) is 36.9 Å². The predicted octanol–water partition coefficient (Wildman–Crippen LogP) is 6.71. The van der Waals surface area contributed by atoms with Crippen LogP contribution in [0, 0.1) is 12.3 Å². The number of piperidine rings is 1. The summed E-state index contributed by atoms with van der Waals surface area (Å²) in [5.41, 5.74) is 4.13. The number of carbonyl (C=O) groups excluding carboxylic acids is 3. The van der Waals surface area contributed by atoms with Crippen LogP contribution in [-0.4, -0.2) is 70.3 Å². The smallest absolute Gasteiger partial charge is 0.335 e. The van der Waals surface area contributed by atoms with Crippen LogP contribution in [0.5, 0.6) is 0 Å². The summed E-state index contributed by atoms with van der Waals surface area (Å²) in [6.07, 6.45) is 14.4. The van der Waals surface area contributed by atoms with Crippen LogP contribution in [0.15, 0.2) is 41.3 Å². The lowest BCUT2D eigenvalue weighted by Crippen LogP contribution is -2.45. The lowest BCUT2D eigenvalue weighted by Gasteiger charge is -2.27. The Morgan fingerprint density at radius 2 is 1.68 bits per heavy atom. The average Bonchev–Trinajstić information content (AvgIpc) is 3.48. The van der Waals surface area contributed by atoms with Gasteiger partial charge in [0.15, 0.2) is 11.6 Å². The summed E-state index contributed by atoms with van der Waals surface area (Å²) >= 11 is 3.28. The molecule has 3 atom stereocenters. The molecule has 0 spiro atoms. The number of halogens is 1. The largest absolute Gasteiger partial charge is 0.478 e. The standard InChI is InChI=1S/C38H41BrN6O5/c1-22(46)35-29-14-25(27-19-40-23(2)41-20-27)12-24-10-8-6-4-3-5-7-9-11-38-17-30(31(47)16-28-13-26(37(49)50)15-33(39)42-28)45(32(38)18-38)34(48)21-44(43-35)36(24)29/h12-15,19-20,30,32H,3-11,16-18,21H2,1-2H3,(H,49,50)/t30-,32+,38-/m0/s1. The molecule has 5 heterocycles. The summed E-state index contributed by atoms with van der Waals surface area (Å²) < 4.78 is 2.02. The first-order valence-corrected chi connectivity index (χ1v) is 18.4. The fourth-order valence-electron chi connectivity index (χ4n) is 8.25. The normalized spacial score (nSPS) is 22.6. The van der Waals surface area contributed by atoms with Crippen LogP contribution in [0.4, 0.5) is 0 Å². The molecule has 3 aliphatic rings. The number of nitrogens with zero attached hydrogens (tertiary/aromatic N) is 6. The highest BCUT2D eigenvalue weighted by molar-refractivity contribution is 9.10. The highest BCUT2D eigenvalue weighted by atomic mass is 79.9. The van der Waals surface area contributed by atoms with Gasteiger partial charge in [-0.05, 0) is 95.8 Å². The number of benzene rings is 1. The number of carboxylic acids is 1. The van der Waals surface area contributed by atoms with Gasteiger partial charge < -0.3 is 10.0 Å². The van der Waals surface area contributed by atoms with Crippen molar-refractivity contribution >= 4 is 50.3 Å². The zero-order chi connectivity index (χ0) is 35.2. The minimum atomic E-state index is -1.10. The number of carbonyl (C=O) groups is 4. The first kappa shape index (κ1) is 34.1. The molecule has 1 saturated carbocycles. The van der Waals surface area contributed by atoms with E-state index < -0.39 is 12.0 Å².